The summed E-state index contributed by atoms with van der Waals surface area (Å²) in [4.78, 5) is 5.05. The number of benzene rings is 7. The highest BCUT2D eigenvalue weighted by molar-refractivity contribution is 9.10. The summed E-state index contributed by atoms with van der Waals surface area (Å²) < 4.78 is 7.57. The topological polar surface area (TPSA) is 19.6 Å². The van der Waals surface area contributed by atoms with Gasteiger partial charge in [0.1, 0.15) is 11.8 Å². The van der Waals surface area contributed by atoms with Gasteiger partial charge in [0.2, 0.25) is 0 Å². The van der Waals surface area contributed by atoms with Crippen LogP contribution in [0.5, 0.6) is 0 Å². The minimum atomic E-state index is 0.00275. The second-order valence-electron chi connectivity index (χ2n) is 22.1. The van der Waals surface area contributed by atoms with Crippen molar-refractivity contribution in [3.05, 3.63) is 190 Å². The molecule has 344 valence electrons. The normalized spacial score (nSPS) is 15.9. The number of rotatable bonds is 8. The van der Waals surface area contributed by atoms with Crippen LogP contribution in [0.4, 0.5) is 34.1 Å². The molecule has 11 rings (SSSR count). The maximum atomic E-state index is 6.50. The summed E-state index contributed by atoms with van der Waals surface area (Å²) in [6.45, 7) is 13.7. The lowest BCUT2D eigenvalue weighted by atomic mass is 9.68. The smallest absolute Gasteiger partial charge is 0.136 e. The van der Waals surface area contributed by atoms with Gasteiger partial charge in [-0.15, -0.1) is 0 Å². The van der Waals surface area contributed by atoms with Crippen LogP contribution in [0.25, 0.3) is 33.2 Å². The van der Waals surface area contributed by atoms with E-state index >= 15 is 0 Å². The molecular weight excluding hydrogens is 893 g/mol. The van der Waals surface area contributed by atoms with Crippen molar-refractivity contribution >= 4 is 61.0 Å². The van der Waals surface area contributed by atoms with Crippen LogP contribution in [0.2, 0.25) is 0 Å². The van der Waals surface area contributed by atoms with Crippen molar-refractivity contribution < 1.29 is 4.42 Å². The van der Waals surface area contributed by atoms with E-state index in [1.807, 2.05) is 6.26 Å². The van der Waals surface area contributed by atoms with Crippen molar-refractivity contribution in [3.63, 3.8) is 0 Å². The highest BCUT2D eigenvalue weighted by Crippen LogP contribution is 2.60. The molecule has 0 atom stereocenters. The van der Waals surface area contributed by atoms with Crippen molar-refractivity contribution in [1.82, 2.24) is 0 Å². The quantitative estimate of drug-likeness (QED) is 0.151. The van der Waals surface area contributed by atoms with E-state index in [2.05, 4.69) is 219 Å². The average Bonchev–Trinajstić information content (AvgIpc) is 3.89. The van der Waals surface area contributed by atoms with Crippen molar-refractivity contribution in [3.8, 4) is 22.3 Å². The van der Waals surface area contributed by atoms with Crippen LogP contribution in [-0.2, 0) is 16.2 Å². The summed E-state index contributed by atoms with van der Waals surface area (Å²) >= 11 is 4.17. The van der Waals surface area contributed by atoms with E-state index in [1.165, 1.54) is 120 Å². The monoisotopic (exact) mass is 956 g/mol. The Labute approximate surface area is 413 Å². The average molecular weight is 958 g/mol. The van der Waals surface area contributed by atoms with Crippen molar-refractivity contribution in [1.29, 1.82) is 0 Å². The zero-order valence-corrected chi connectivity index (χ0v) is 42.4. The fraction of sp³-hybridized carbons (Fsp3) is 0.312. The number of hydrogen-bond acceptors (Lipinski definition) is 3. The van der Waals surface area contributed by atoms with E-state index in [-0.39, 0.29) is 16.2 Å². The first-order valence-corrected chi connectivity index (χ1v) is 26.1. The molecule has 8 aromatic rings. The van der Waals surface area contributed by atoms with Gasteiger partial charge in [0.15, 0.2) is 0 Å². The molecule has 3 aliphatic carbocycles. The molecule has 3 nitrogen and oxygen atoms in total. The van der Waals surface area contributed by atoms with Gasteiger partial charge in [-0.1, -0.05) is 171 Å². The molecule has 0 N–H and O–H groups in total. The standard InChI is InChI=1S/C64H65BrN2O/c1-62(2,3)47-30-26-44(27-31-47)45-28-33-49(34-29-45)66(57-35-32-48(40-56(57)65)63(4,5)6)50-38-46(43-18-9-7-10-19-43)39-51(41-50)67(59-42-68-60-25-14-12-21-53(59)60)58-24-17-23-55-61(58)52-20-11-13-22-54(52)64(55)36-15-8-16-37-64/h11-14,17,20-35,38-43H,7-10,15-16,18-19,36-37H2,1-6H3. The predicted octanol–water partition coefficient (Wildman–Crippen LogP) is 19.7. The van der Waals surface area contributed by atoms with Gasteiger partial charge in [-0.25, -0.2) is 0 Å². The molecule has 0 amide bonds. The van der Waals surface area contributed by atoms with Gasteiger partial charge in [-0.05, 0) is 164 Å². The minimum absolute atomic E-state index is 0.00275. The molecule has 2 fully saturated rings. The zero-order valence-electron chi connectivity index (χ0n) is 40.8. The Kier molecular flexibility index (Phi) is 11.6. The summed E-state index contributed by atoms with van der Waals surface area (Å²) in [6.07, 6.45) is 14.4. The minimum Gasteiger partial charge on any atom is -0.462 e. The van der Waals surface area contributed by atoms with E-state index in [0.29, 0.717) is 5.92 Å². The molecule has 2 saturated carbocycles. The van der Waals surface area contributed by atoms with Crippen LogP contribution in [-0.4, -0.2) is 0 Å². The number of halogens is 1. The van der Waals surface area contributed by atoms with Gasteiger partial charge < -0.3 is 14.2 Å². The molecular formula is C64H65BrN2O. The van der Waals surface area contributed by atoms with Crippen LogP contribution in [0, 0.1) is 0 Å². The second kappa shape index (κ2) is 17.6. The van der Waals surface area contributed by atoms with Crippen LogP contribution in [0.1, 0.15) is 139 Å². The fourth-order valence-electron chi connectivity index (χ4n) is 12.0. The second-order valence-corrected chi connectivity index (χ2v) is 22.9. The fourth-order valence-corrected chi connectivity index (χ4v) is 12.6. The molecule has 1 heterocycles. The number of hydrogen-bond donors (Lipinski definition) is 0. The Bertz CT molecular complexity index is 3110. The molecule has 0 bridgehead atoms. The zero-order chi connectivity index (χ0) is 46.8. The third-order valence-electron chi connectivity index (χ3n) is 15.7. The van der Waals surface area contributed by atoms with E-state index in [9.17, 15) is 0 Å². The molecule has 1 spiro atoms. The van der Waals surface area contributed by atoms with Crippen molar-refractivity contribution in [2.24, 2.45) is 0 Å². The van der Waals surface area contributed by atoms with E-state index in [0.717, 1.165) is 43.9 Å². The highest BCUT2D eigenvalue weighted by atomic mass is 79.9. The molecule has 0 aliphatic heterocycles. The first-order chi connectivity index (χ1) is 32.9. The van der Waals surface area contributed by atoms with Crippen molar-refractivity contribution in [2.45, 2.75) is 128 Å². The summed E-state index contributed by atoms with van der Waals surface area (Å²) in [7, 11) is 0. The van der Waals surface area contributed by atoms with Gasteiger partial charge in [0.25, 0.3) is 0 Å². The maximum Gasteiger partial charge on any atom is 0.136 e. The Morgan fingerprint density at radius 2 is 1.13 bits per heavy atom. The Morgan fingerprint density at radius 3 is 1.84 bits per heavy atom. The summed E-state index contributed by atoms with van der Waals surface area (Å²) in [5.41, 5.74) is 20.0. The summed E-state index contributed by atoms with van der Waals surface area (Å²) in [6, 6.07) is 57.8. The third kappa shape index (κ3) is 8.01. The maximum absolute atomic E-state index is 6.50. The van der Waals surface area contributed by atoms with E-state index in [1.54, 1.807) is 0 Å². The number of fused-ring (bicyclic) bond motifs is 6. The van der Waals surface area contributed by atoms with Gasteiger partial charge in [0, 0.05) is 37.9 Å². The van der Waals surface area contributed by atoms with Crippen LogP contribution < -0.4 is 9.80 Å². The first kappa shape index (κ1) is 44.7. The van der Waals surface area contributed by atoms with Gasteiger partial charge in [-0.3, -0.25) is 0 Å². The molecule has 1 aromatic heterocycles. The molecule has 68 heavy (non-hydrogen) atoms. The van der Waals surface area contributed by atoms with E-state index in [4.69, 9.17) is 4.42 Å². The van der Waals surface area contributed by atoms with Gasteiger partial charge >= 0.3 is 0 Å². The largest absolute Gasteiger partial charge is 0.462 e. The first-order valence-electron chi connectivity index (χ1n) is 25.3. The summed E-state index contributed by atoms with van der Waals surface area (Å²) in [5, 5.41) is 1.11. The lowest BCUT2D eigenvalue weighted by Gasteiger charge is -2.36. The van der Waals surface area contributed by atoms with Crippen LogP contribution >= 0.6 is 15.9 Å². The number of para-hydroxylation sites is 1. The molecule has 0 saturated heterocycles. The van der Waals surface area contributed by atoms with Crippen LogP contribution in [0.3, 0.4) is 0 Å². The number of anilines is 6. The Hall–Kier alpha value is -5.84. The third-order valence-corrected chi connectivity index (χ3v) is 16.3. The molecule has 4 heteroatoms. The Morgan fingerprint density at radius 1 is 0.515 bits per heavy atom. The molecule has 0 unspecified atom stereocenters. The lowest BCUT2D eigenvalue weighted by Crippen LogP contribution is -2.28. The van der Waals surface area contributed by atoms with Crippen LogP contribution in [0.15, 0.2) is 167 Å². The van der Waals surface area contributed by atoms with Crippen molar-refractivity contribution in [2.75, 3.05) is 9.80 Å². The number of furan rings is 1. The number of nitrogens with zero attached hydrogens (tertiary/aromatic N) is 2. The summed E-state index contributed by atoms with van der Waals surface area (Å²) in [5.74, 6) is 0.463. The molecule has 3 aliphatic rings. The van der Waals surface area contributed by atoms with Gasteiger partial charge in [0.05, 0.1) is 17.1 Å². The SMILES string of the molecule is CC(C)(C)c1ccc(-c2ccc(N(c3cc(C4CCCCC4)cc(N(c4cccc5c4-c4ccccc4C54CCCCC4)c4coc5ccccc45)c3)c3ccc(C(C)(C)C)cc3Br)cc2)cc1. The predicted molar refractivity (Wildman–Crippen MR) is 291 cm³/mol. The van der Waals surface area contributed by atoms with E-state index < -0.39 is 0 Å². The molecule has 0 radical (unpaired) electrons. The molecule has 7 aromatic carbocycles. The lowest BCUT2D eigenvalue weighted by molar-refractivity contribution is 0.353. The van der Waals surface area contributed by atoms with Gasteiger partial charge in [-0.2, -0.15) is 0 Å². The highest BCUT2D eigenvalue weighted by Gasteiger charge is 2.45. The Balaban J connectivity index is 1.15.